The highest BCUT2D eigenvalue weighted by atomic mass is 16.3. The van der Waals surface area contributed by atoms with Crippen LogP contribution >= 0.6 is 0 Å². The Labute approximate surface area is 85.1 Å². The summed E-state index contributed by atoms with van der Waals surface area (Å²) < 4.78 is 0. The first-order valence-electron chi connectivity index (χ1n) is 5.30. The molecule has 0 heterocycles. The number of aliphatic hydroxyl groups excluding tert-OH is 1. The molecule has 0 aromatic carbocycles. The number of carbonyl (C=O) groups is 1. The highest BCUT2D eigenvalue weighted by molar-refractivity contribution is 5.74. The quantitative estimate of drug-likeness (QED) is 0.632. The maximum atomic E-state index is 11.3. The molecule has 0 saturated heterocycles. The number of amides is 2. The van der Waals surface area contributed by atoms with Gasteiger partial charge in [-0.25, -0.2) is 4.79 Å². The van der Waals surface area contributed by atoms with E-state index < -0.39 is 6.10 Å². The zero-order chi connectivity index (χ0) is 10.6. The SMILES string of the molecule is C[C@@H]1CC[C@@H](NC(=O)NC[C@H](C)O)C1. The number of urea groups is 1. The van der Waals surface area contributed by atoms with Crippen LogP contribution in [0.2, 0.25) is 0 Å². The molecule has 0 spiro atoms. The lowest BCUT2D eigenvalue weighted by molar-refractivity contribution is 0.186. The van der Waals surface area contributed by atoms with E-state index in [1.165, 1.54) is 6.42 Å². The Balaban J connectivity index is 2.14. The van der Waals surface area contributed by atoms with Crippen molar-refractivity contribution < 1.29 is 9.90 Å². The predicted molar refractivity (Wildman–Crippen MR) is 55.0 cm³/mol. The molecule has 0 radical (unpaired) electrons. The fourth-order valence-corrected chi connectivity index (χ4v) is 1.82. The van der Waals surface area contributed by atoms with Crippen molar-refractivity contribution in [2.75, 3.05) is 6.54 Å². The van der Waals surface area contributed by atoms with E-state index >= 15 is 0 Å². The van der Waals surface area contributed by atoms with Crippen LogP contribution in [0.4, 0.5) is 4.79 Å². The first-order chi connectivity index (χ1) is 6.58. The zero-order valence-electron chi connectivity index (χ0n) is 8.92. The minimum Gasteiger partial charge on any atom is -0.392 e. The molecular weight excluding hydrogens is 180 g/mol. The van der Waals surface area contributed by atoms with Gasteiger partial charge in [0, 0.05) is 12.6 Å². The molecule has 4 nitrogen and oxygen atoms in total. The van der Waals surface area contributed by atoms with E-state index in [0.29, 0.717) is 12.6 Å². The summed E-state index contributed by atoms with van der Waals surface area (Å²) in [6.07, 6.45) is 2.86. The largest absolute Gasteiger partial charge is 0.392 e. The molecule has 2 amide bonds. The van der Waals surface area contributed by atoms with Gasteiger partial charge in [0.25, 0.3) is 0 Å². The van der Waals surface area contributed by atoms with Crippen LogP contribution in [0, 0.1) is 5.92 Å². The second-order valence-electron chi connectivity index (χ2n) is 4.32. The zero-order valence-corrected chi connectivity index (χ0v) is 8.92. The van der Waals surface area contributed by atoms with Gasteiger partial charge in [0.2, 0.25) is 0 Å². The Morgan fingerprint density at radius 2 is 2.29 bits per heavy atom. The van der Waals surface area contributed by atoms with Gasteiger partial charge in [-0.05, 0) is 32.1 Å². The Hall–Kier alpha value is -0.770. The molecule has 1 saturated carbocycles. The molecule has 3 atom stereocenters. The molecule has 1 fully saturated rings. The number of aliphatic hydroxyl groups is 1. The minimum atomic E-state index is -0.483. The molecule has 1 rings (SSSR count). The van der Waals surface area contributed by atoms with Gasteiger partial charge < -0.3 is 15.7 Å². The average molecular weight is 200 g/mol. The third kappa shape index (κ3) is 3.96. The van der Waals surface area contributed by atoms with E-state index in [-0.39, 0.29) is 6.03 Å². The van der Waals surface area contributed by atoms with Crippen molar-refractivity contribution in [2.45, 2.75) is 45.3 Å². The molecule has 0 aromatic heterocycles. The van der Waals surface area contributed by atoms with Gasteiger partial charge in [-0.3, -0.25) is 0 Å². The van der Waals surface area contributed by atoms with Crippen LogP contribution < -0.4 is 10.6 Å². The Morgan fingerprint density at radius 3 is 2.79 bits per heavy atom. The number of rotatable bonds is 3. The number of hydrogen-bond acceptors (Lipinski definition) is 2. The van der Waals surface area contributed by atoms with Crippen LogP contribution in [0.5, 0.6) is 0 Å². The molecule has 4 heteroatoms. The second-order valence-corrected chi connectivity index (χ2v) is 4.32. The summed E-state index contributed by atoms with van der Waals surface area (Å²) in [5, 5.41) is 14.5. The standard InChI is InChI=1S/C10H20N2O2/c1-7-3-4-9(5-7)12-10(14)11-6-8(2)13/h7-9,13H,3-6H2,1-2H3,(H2,11,12,14)/t7-,8+,9-/m1/s1. The monoisotopic (exact) mass is 200 g/mol. The molecule has 0 unspecified atom stereocenters. The Morgan fingerprint density at radius 1 is 1.57 bits per heavy atom. The maximum Gasteiger partial charge on any atom is 0.315 e. The van der Waals surface area contributed by atoms with E-state index in [1.54, 1.807) is 6.92 Å². The summed E-state index contributed by atoms with van der Waals surface area (Å²) in [5.74, 6) is 0.720. The molecule has 1 aliphatic rings. The number of carbonyl (C=O) groups excluding carboxylic acids is 1. The summed E-state index contributed by atoms with van der Waals surface area (Å²) in [4.78, 5) is 11.3. The third-order valence-corrected chi connectivity index (χ3v) is 2.59. The van der Waals surface area contributed by atoms with Crippen molar-refractivity contribution in [3.8, 4) is 0 Å². The third-order valence-electron chi connectivity index (χ3n) is 2.59. The summed E-state index contributed by atoms with van der Waals surface area (Å²) in [6.45, 7) is 4.17. The molecule has 3 N–H and O–H groups in total. The minimum absolute atomic E-state index is 0.162. The van der Waals surface area contributed by atoms with E-state index in [4.69, 9.17) is 5.11 Å². The van der Waals surface area contributed by atoms with Gasteiger partial charge >= 0.3 is 6.03 Å². The van der Waals surface area contributed by atoms with Crippen molar-refractivity contribution in [1.82, 2.24) is 10.6 Å². The van der Waals surface area contributed by atoms with Crippen LogP contribution in [-0.4, -0.2) is 29.8 Å². The normalized spacial score (nSPS) is 28.5. The molecule has 0 bridgehead atoms. The fraction of sp³-hybridized carbons (Fsp3) is 0.900. The first kappa shape index (κ1) is 11.3. The van der Waals surface area contributed by atoms with Crippen LogP contribution in [0.3, 0.4) is 0 Å². The van der Waals surface area contributed by atoms with Gasteiger partial charge in [0.1, 0.15) is 0 Å². The van der Waals surface area contributed by atoms with Gasteiger partial charge in [0.05, 0.1) is 6.10 Å². The van der Waals surface area contributed by atoms with E-state index in [9.17, 15) is 4.79 Å². The van der Waals surface area contributed by atoms with Crippen molar-refractivity contribution in [2.24, 2.45) is 5.92 Å². The lowest BCUT2D eigenvalue weighted by Crippen LogP contribution is -2.43. The van der Waals surface area contributed by atoms with Crippen molar-refractivity contribution in [3.05, 3.63) is 0 Å². The summed E-state index contributed by atoms with van der Waals surface area (Å²) in [6, 6.07) is 0.156. The van der Waals surface area contributed by atoms with Crippen LogP contribution in [0.25, 0.3) is 0 Å². The Bertz CT molecular complexity index is 195. The van der Waals surface area contributed by atoms with Gasteiger partial charge in [-0.2, -0.15) is 0 Å². The van der Waals surface area contributed by atoms with Crippen molar-refractivity contribution >= 4 is 6.03 Å². The van der Waals surface area contributed by atoms with E-state index in [1.807, 2.05) is 0 Å². The number of hydrogen-bond donors (Lipinski definition) is 3. The van der Waals surface area contributed by atoms with Crippen LogP contribution in [0.1, 0.15) is 33.1 Å². The van der Waals surface area contributed by atoms with Crippen LogP contribution in [0.15, 0.2) is 0 Å². The van der Waals surface area contributed by atoms with Crippen LogP contribution in [-0.2, 0) is 0 Å². The molecule has 0 aromatic rings. The molecule has 14 heavy (non-hydrogen) atoms. The van der Waals surface area contributed by atoms with Crippen molar-refractivity contribution in [3.63, 3.8) is 0 Å². The molecule has 0 aliphatic heterocycles. The Kier molecular flexibility index (Phi) is 4.20. The van der Waals surface area contributed by atoms with Gasteiger partial charge in [-0.1, -0.05) is 6.92 Å². The smallest absolute Gasteiger partial charge is 0.315 e. The molecule has 1 aliphatic carbocycles. The summed E-state index contributed by atoms with van der Waals surface area (Å²) >= 11 is 0. The highest BCUT2D eigenvalue weighted by Gasteiger charge is 2.22. The molecule has 82 valence electrons. The predicted octanol–water partition coefficient (Wildman–Crippen LogP) is 0.855. The lowest BCUT2D eigenvalue weighted by Gasteiger charge is -2.14. The second kappa shape index (κ2) is 5.20. The topological polar surface area (TPSA) is 61.4 Å². The highest BCUT2D eigenvalue weighted by Crippen LogP contribution is 2.24. The van der Waals surface area contributed by atoms with Gasteiger partial charge in [-0.15, -0.1) is 0 Å². The number of nitrogens with one attached hydrogen (secondary N) is 2. The van der Waals surface area contributed by atoms with Crippen molar-refractivity contribution in [1.29, 1.82) is 0 Å². The van der Waals surface area contributed by atoms with Gasteiger partial charge in [0.15, 0.2) is 0 Å². The fourth-order valence-electron chi connectivity index (χ4n) is 1.82. The molecular formula is C10H20N2O2. The van der Waals surface area contributed by atoms with E-state index in [2.05, 4.69) is 17.6 Å². The first-order valence-corrected chi connectivity index (χ1v) is 5.30. The summed E-state index contributed by atoms with van der Waals surface area (Å²) in [7, 11) is 0. The average Bonchev–Trinajstić information content (AvgIpc) is 2.48. The maximum absolute atomic E-state index is 11.3. The summed E-state index contributed by atoms with van der Waals surface area (Å²) in [5.41, 5.74) is 0. The van der Waals surface area contributed by atoms with E-state index in [0.717, 1.165) is 18.8 Å². The lowest BCUT2D eigenvalue weighted by atomic mass is 10.1.